The van der Waals surface area contributed by atoms with Crippen LogP contribution in [0, 0.1) is 11.8 Å². The molecule has 0 fully saturated rings. The zero-order valence-electron chi connectivity index (χ0n) is 6.83. The van der Waals surface area contributed by atoms with Crippen LogP contribution < -0.4 is 0 Å². The number of rotatable bonds is 1. The summed E-state index contributed by atoms with van der Waals surface area (Å²) in [5.41, 5.74) is 0. The summed E-state index contributed by atoms with van der Waals surface area (Å²) in [6, 6.07) is 0. The maximum Gasteiger partial charge on any atom is 0.166 e. The van der Waals surface area contributed by atoms with E-state index in [-0.39, 0.29) is 23.4 Å². The van der Waals surface area contributed by atoms with Gasteiger partial charge in [0.25, 0.3) is 0 Å². The SMILES string of the molecule is CC(=O)C1C(=O)C=CC[C@@H]1C. The highest BCUT2D eigenvalue weighted by atomic mass is 16.1. The Morgan fingerprint density at radius 1 is 1.64 bits per heavy atom. The van der Waals surface area contributed by atoms with Crippen molar-refractivity contribution in [1.29, 1.82) is 0 Å². The Bertz CT molecular complexity index is 216. The van der Waals surface area contributed by atoms with Crippen LogP contribution in [0.15, 0.2) is 12.2 Å². The first-order chi connectivity index (χ1) is 5.13. The van der Waals surface area contributed by atoms with E-state index in [0.717, 1.165) is 6.42 Å². The summed E-state index contributed by atoms with van der Waals surface area (Å²) in [4.78, 5) is 22.1. The molecule has 0 amide bonds. The molecule has 0 N–H and O–H groups in total. The van der Waals surface area contributed by atoms with Crippen molar-refractivity contribution < 1.29 is 9.59 Å². The largest absolute Gasteiger partial charge is 0.299 e. The molecule has 1 rings (SSSR count). The summed E-state index contributed by atoms with van der Waals surface area (Å²) in [5, 5.41) is 0. The second-order valence-corrected chi connectivity index (χ2v) is 3.11. The van der Waals surface area contributed by atoms with E-state index in [0.29, 0.717) is 0 Å². The van der Waals surface area contributed by atoms with Crippen molar-refractivity contribution in [1.82, 2.24) is 0 Å². The second kappa shape index (κ2) is 2.99. The van der Waals surface area contributed by atoms with Crippen LogP contribution in [0.2, 0.25) is 0 Å². The van der Waals surface area contributed by atoms with Gasteiger partial charge in [0, 0.05) is 0 Å². The van der Waals surface area contributed by atoms with E-state index in [9.17, 15) is 9.59 Å². The Labute approximate surface area is 66.3 Å². The minimum Gasteiger partial charge on any atom is -0.299 e. The van der Waals surface area contributed by atoms with Crippen molar-refractivity contribution in [3.8, 4) is 0 Å². The summed E-state index contributed by atoms with van der Waals surface area (Å²) in [6.07, 6.45) is 4.20. The molecule has 0 aromatic heterocycles. The molecule has 0 aliphatic heterocycles. The summed E-state index contributed by atoms with van der Waals surface area (Å²) in [7, 11) is 0. The van der Waals surface area contributed by atoms with Gasteiger partial charge in [0.1, 0.15) is 5.78 Å². The predicted octanol–water partition coefficient (Wildman–Crippen LogP) is 1.36. The fourth-order valence-electron chi connectivity index (χ4n) is 1.52. The van der Waals surface area contributed by atoms with Crippen LogP contribution in [0.1, 0.15) is 20.3 Å². The molecule has 1 aliphatic carbocycles. The number of carbonyl (C=O) groups excluding carboxylic acids is 2. The van der Waals surface area contributed by atoms with Gasteiger partial charge in [-0.1, -0.05) is 13.0 Å². The lowest BCUT2D eigenvalue weighted by Gasteiger charge is -2.20. The van der Waals surface area contributed by atoms with Crippen molar-refractivity contribution in [2.45, 2.75) is 20.3 Å². The first-order valence-corrected chi connectivity index (χ1v) is 3.83. The van der Waals surface area contributed by atoms with Crippen molar-refractivity contribution >= 4 is 11.6 Å². The molecule has 0 radical (unpaired) electrons. The van der Waals surface area contributed by atoms with Gasteiger partial charge < -0.3 is 0 Å². The van der Waals surface area contributed by atoms with Crippen LogP contribution >= 0.6 is 0 Å². The number of carbonyl (C=O) groups is 2. The highest BCUT2D eigenvalue weighted by Crippen LogP contribution is 2.22. The summed E-state index contributed by atoms with van der Waals surface area (Å²) in [6.45, 7) is 3.42. The molecule has 2 nitrogen and oxygen atoms in total. The quantitative estimate of drug-likeness (QED) is 0.531. The molecule has 0 saturated heterocycles. The molecule has 0 spiro atoms. The van der Waals surface area contributed by atoms with E-state index in [1.54, 1.807) is 0 Å². The van der Waals surface area contributed by atoms with E-state index in [4.69, 9.17) is 0 Å². The fraction of sp³-hybridized carbons (Fsp3) is 0.556. The number of ketones is 2. The van der Waals surface area contributed by atoms with Crippen molar-refractivity contribution in [2.75, 3.05) is 0 Å². The number of hydrogen-bond donors (Lipinski definition) is 0. The fourth-order valence-corrected chi connectivity index (χ4v) is 1.52. The smallest absolute Gasteiger partial charge is 0.166 e. The lowest BCUT2D eigenvalue weighted by molar-refractivity contribution is -0.131. The molecular formula is C9H12O2. The maximum atomic E-state index is 11.1. The zero-order chi connectivity index (χ0) is 8.43. The molecule has 2 heteroatoms. The summed E-state index contributed by atoms with van der Waals surface area (Å²) < 4.78 is 0. The van der Waals surface area contributed by atoms with E-state index in [1.165, 1.54) is 13.0 Å². The predicted molar refractivity (Wildman–Crippen MR) is 42.1 cm³/mol. The van der Waals surface area contributed by atoms with E-state index in [1.807, 2.05) is 13.0 Å². The van der Waals surface area contributed by atoms with Gasteiger partial charge in [-0.25, -0.2) is 0 Å². The Kier molecular flexibility index (Phi) is 2.22. The Morgan fingerprint density at radius 2 is 2.27 bits per heavy atom. The van der Waals surface area contributed by atoms with Gasteiger partial charge in [-0.15, -0.1) is 0 Å². The third-order valence-corrected chi connectivity index (χ3v) is 2.10. The van der Waals surface area contributed by atoms with Crippen LogP contribution in [0.25, 0.3) is 0 Å². The highest BCUT2D eigenvalue weighted by molar-refractivity contribution is 6.07. The molecule has 0 bridgehead atoms. The number of Topliss-reactive ketones (excluding diaryl/α,β-unsaturated/α-hetero) is 1. The Morgan fingerprint density at radius 3 is 2.64 bits per heavy atom. The van der Waals surface area contributed by atoms with Crippen LogP contribution in [0.5, 0.6) is 0 Å². The molecule has 0 saturated carbocycles. The average Bonchev–Trinajstić information content (AvgIpc) is 1.85. The third kappa shape index (κ3) is 1.56. The molecule has 0 heterocycles. The van der Waals surface area contributed by atoms with Gasteiger partial charge in [-0.05, 0) is 25.3 Å². The second-order valence-electron chi connectivity index (χ2n) is 3.11. The first-order valence-electron chi connectivity index (χ1n) is 3.83. The third-order valence-electron chi connectivity index (χ3n) is 2.10. The molecule has 0 aromatic carbocycles. The van der Waals surface area contributed by atoms with Gasteiger partial charge in [0.05, 0.1) is 5.92 Å². The molecule has 60 valence electrons. The van der Waals surface area contributed by atoms with Crippen molar-refractivity contribution in [3.05, 3.63) is 12.2 Å². The monoisotopic (exact) mass is 152 g/mol. The Hall–Kier alpha value is -0.920. The van der Waals surface area contributed by atoms with Crippen LogP contribution in [-0.4, -0.2) is 11.6 Å². The van der Waals surface area contributed by atoms with Crippen molar-refractivity contribution in [2.24, 2.45) is 11.8 Å². The number of allylic oxidation sites excluding steroid dienone is 2. The van der Waals surface area contributed by atoms with E-state index < -0.39 is 0 Å². The van der Waals surface area contributed by atoms with E-state index in [2.05, 4.69) is 0 Å². The molecular weight excluding hydrogens is 140 g/mol. The molecule has 1 aliphatic rings. The number of hydrogen-bond acceptors (Lipinski definition) is 2. The normalized spacial score (nSPS) is 30.5. The van der Waals surface area contributed by atoms with Crippen LogP contribution in [0.3, 0.4) is 0 Å². The Balaban J connectivity index is 2.83. The topological polar surface area (TPSA) is 34.1 Å². The van der Waals surface area contributed by atoms with Gasteiger partial charge in [0.15, 0.2) is 5.78 Å². The lowest BCUT2D eigenvalue weighted by atomic mass is 9.81. The average molecular weight is 152 g/mol. The van der Waals surface area contributed by atoms with E-state index >= 15 is 0 Å². The van der Waals surface area contributed by atoms with Gasteiger partial charge in [0.2, 0.25) is 0 Å². The van der Waals surface area contributed by atoms with Crippen LogP contribution in [-0.2, 0) is 9.59 Å². The minimum absolute atomic E-state index is 0.00755. The van der Waals surface area contributed by atoms with Crippen molar-refractivity contribution in [3.63, 3.8) is 0 Å². The van der Waals surface area contributed by atoms with Crippen LogP contribution in [0.4, 0.5) is 0 Å². The molecule has 0 aromatic rings. The summed E-state index contributed by atoms with van der Waals surface area (Å²) in [5.74, 6) is -0.229. The molecule has 11 heavy (non-hydrogen) atoms. The summed E-state index contributed by atoms with van der Waals surface area (Å²) >= 11 is 0. The zero-order valence-corrected chi connectivity index (χ0v) is 6.83. The minimum atomic E-state index is -0.375. The standard InChI is InChI=1S/C9H12O2/c1-6-4-3-5-8(11)9(6)7(2)10/h3,5-6,9H,4H2,1-2H3/t6-,9?/m0/s1. The molecule has 2 atom stereocenters. The van der Waals surface area contributed by atoms with Gasteiger partial charge in [-0.2, -0.15) is 0 Å². The van der Waals surface area contributed by atoms with Gasteiger partial charge in [-0.3, -0.25) is 9.59 Å². The highest BCUT2D eigenvalue weighted by Gasteiger charge is 2.29. The molecule has 1 unspecified atom stereocenters. The van der Waals surface area contributed by atoms with Gasteiger partial charge >= 0.3 is 0 Å². The first kappa shape index (κ1) is 8.18. The lowest BCUT2D eigenvalue weighted by Crippen LogP contribution is -2.29. The maximum absolute atomic E-state index is 11.1.